The van der Waals surface area contributed by atoms with Crippen LogP contribution in [0.15, 0.2) is 55.0 Å². The number of rotatable bonds is 6. The van der Waals surface area contributed by atoms with Crippen LogP contribution in [-0.4, -0.2) is 53.5 Å². The molecule has 0 spiro atoms. The maximum atomic E-state index is 5.23. The van der Waals surface area contributed by atoms with E-state index in [0.717, 1.165) is 43.3 Å². The number of anilines is 3. The van der Waals surface area contributed by atoms with Crippen LogP contribution in [0.4, 0.5) is 17.5 Å². The lowest BCUT2D eigenvalue weighted by atomic mass is 10.2. The van der Waals surface area contributed by atoms with E-state index >= 15 is 0 Å². The minimum absolute atomic E-state index is 0.534. The first-order valence-corrected chi connectivity index (χ1v) is 9.28. The van der Waals surface area contributed by atoms with Gasteiger partial charge in [0.15, 0.2) is 5.82 Å². The first-order chi connectivity index (χ1) is 13.8. The van der Waals surface area contributed by atoms with E-state index in [2.05, 4.69) is 47.4 Å². The van der Waals surface area contributed by atoms with Crippen molar-refractivity contribution in [3.05, 3.63) is 60.6 Å². The standard InChI is InChI=1S/C20H23N7O/c1-28-18-4-2-17(3-5-18)26-10-12-27(13-11-26)19-15-23-25-20(24-19)22-14-16-6-8-21-9-7-16/h2-9,15H,10-14H2,1H3,(H,22,24,25). The van der Waals surface area contributed by atoms with Crippen LogP contribution in [0.5, 0.6) is 5.75 Å². The molecule has 3 heterocycles. The van der Waals surface area contributed by atoms with Gasteiger partial charge in [-0.25, -0.2) is 0 Å². The Balaban J connectivity index is 1.35. The van der Waals surface area contributed by atoms with Crippen molar-refractivity contribution in [2.75, 3.05) is 48.4 Å². The molecule has 8 nitrogen and oxygen atoms in total. The summed E-state index contributed by atoms with van der Waals surface area (Å²) < 4.78 is 5.23. The molecule has 1 aromatic carbocycles. The summed E-state index contributed by atoms with van der Waals surface area (Å²) in [5, 5.41) is 11.4. The summed E-state index contributed by atoms with van der Waals surface area (Å²) in [6.07, 6.45) is 5.27. The van der Waals surface area contributed by atoms with Gasteiger partial charge in [0.1, 0.15) is 5.75 Å². The van der Waals surface area contributed by atoms with E-state index in [1.807, 2.05) is 24.3 Å². The van der Waals surface area contributed by atoms with Crippen molar-refractivity contribution < 1.29 is 4.74 Å². The molecule has 0 radical (unpaired) electrons. The van der Waals surface area contributed by atoms with Gasteiger partial charge in [0.05, 0.1) is 13.3 Å². The minimum Gasteiger partial charge on any atom is -0.497 e. The highest BCUT2D eigenvalue weighted by atomic mass is 16.5. The fraction of sp³-hybridized carbons (Fsp3) is 0.300. The molecular formula is C20H23N7O. The van der Waals surface area contributed by atoms with Crippen LogP contribution in [0.3, 0.4) is 0 Å². The van der Waals surface area contributed by atoms with E-state index in [0.29, 0.717) is 12.5 Å². The van der Waals surface area contributed by atoms with Crippen molar-refractivity contribution in [2.24, 2.45) is 0 Å². The topological polar surface area (TPSA) is 79.3 Å². The van der Waals surface area contributed by atoms with E-state index in [4.69, 9.17) is 4.74 Å². The Bertz CT molecular complexity index is 881. The summed E-state index contributed by atoms with van der Waals surface area (Å²) in [7, 11) is 1.68. The summed E-state index contributed by atoms with van der Waals surface area (Å²) in [4.78, 5) is 13.3. The van der Waals surface area contributed by atoms with Crippen molar-refractivity contribution in [2.45, 2.75) is 6.54 Å². The summed E-state index contributed by atoms with van der Waals surface area (Å²) >= 11 is 0. The van der Waals surface area contributed by atoms with E-state index < -0.39 is 0 Å². The van der Waals surface area contributed by atoms with Crippen LogP contribution >= 0.6 is 0 Å². The molecule has 0 aliphatic carbocycles. The third kappa shape index (κ3) is 4.28. The Kier molecular flexibility index (Phi) is 5.46. The molecule has 1 aliphatic heterocycles. The van der Waals surface area contributed by atoms with Gasteiger partial charge in [-0.05, 0) is 42.0 Å². The van der Waals surface area contributed by atoms with E-state index in [9.17, 15) is 0 Å². The van der Waals surface area contributed by atoms with Crippen LogP contribution in [0.2, 0.25) is 0 Å². The third-order valence-electron chi connectivity index (χ3n) is 4.79. The molecule has 1 saturated heterocycles. The van der Waals surface area contributed by atoms with Crippen molar-refractivity contribution in [1.82, 2.24) is 20.2 Å². The smallest absolute Gasteiger partial charge is 0.244 e. The van der Waals surface area contributed by atoms with Gasteiger partial charge < -0.3 is 19.9 Å². The van der Waals surface area contributed by atoms with Gasteiger partial charge in [0, 0.05) is 50.8 Å². The zero-order valence-corrected chi connectivity index (χ0v) is 15.8. The average Bonchev–Trinajstić information content (AvgIpc) is 2.79. The van der Waals surface area contributed by atoms with E-state index in [-0.39, 0.29) is 0 Å². The number of pyridine rings is 1. The van der Waals surface area contributed by atoms with Crippen LogP contribution in [0.25, 0.3) is 0 Å². The largest absolute Gasteiger partial charge is 0.497 e. The van der Waals surface area contributed by atoms with Gasteiger partial charge in [-0.15, -0.1) is 5.10 Å². The number of hydrogen-bond acceptors (Lipinski definition) is 8. The molecule has 2 aromatic heterocycles. The molecule has 0 amide bonds. The van der Waals surface area contributed by atoms with Crippen molar-refractivity contribution in [3.63, 3.8) is 0 Å². The second-order valence-electron chi connectivity index (χ2n) is 6.52. The number of piperazine rings is 1. The van der Waals surface area contributed by atoms with E-state index in [1.165, 1.54) is 5.69 Å². The fourth-order valence-corrected chi connectivity index (χ4v) is 3.19. The Morgan fingerprint density at radius 1 is 0.964 bits per heavy atom. The zero-order chi connectivity index (χ0) is 19.2. The number of benzene rings is 1. The van der Waals surface area contributed by atoms with Crippen molar-refractivity contribution in [3.8, 4) is 5.75 Å². The first kappa shape index (κ1) is 18.0. The second-order valence-corrected chi connectivity index (χ2v) is 6.52. The van der Waals surface area contributed by atoms with Crippen LogP contribution in [0.1, 0.15) is 5.56 Å². The van der Waals surface area contributed by atoms with Crippen LogP contribution in [-0.2, 0) is 6.54 Å². The van der Waals surface area contributed by atoms with Gasteiger partial charge in [-0.2, -0.15) is 10.1 Å². The molecule has 0 atom stereocenters. The molecule has 28 heavy (non-hydrogen) atoms. The Hall–Kier alpha value is -3.42. The summed E-state index contributed by atoms with van der Waals surface area (Å²) in [5.74, 6) is 2.26. The van der Waals surface area contributed by atoms with Gasteiger partial charge in [0.25, 0.3) is 0 Å². The van der Waals surface area contributed by atoms with Crippen LogP contribution < -0.4 is 19.9 Å². The Labute approximate surface area is 164 Å². The quantitative estimate of drug-likeness (QED) is 0.700. The van der Waals surface area contributed by atoms with E-state index in [1.54, 1.807) is 25.7 Å². The predicted octanol–water partition coefficient (Wildman–Crippen LogP) is 2.21. The molecule has 1 fully saturated rings. The molecule has 1 aliphatic rings. The van der Waals surface area contributed by atoms with Gasteiger partial charge >= 0.3 is 0 Å². The number of hydrogen-bond donors (Lipinski definition) is 1. The number of nitrogens with zero attached hydrogens (tertiary/aromatic N) is 6. The molecule has 144 valence electrons. The average molecular weight is 377 g/mol. The maximum Gasteiger partial charge on any atom is 0.244 e. The minimum atomic E-state index is 0.534. The Morgan fingerprint density at radius 3 is 2.39 bits per heavy atom. The first-order valence-electron chi connectivity index (χ1n) is 9.28. The van der Waals surface area contributed by atoms with Crippen LogP contribution in [0, 0.1) is 0 Å². The lowest BCUT2D eigenvalue weighted by Gasteiger charge is -2.36. The molecule has 8 heteroatoms. The summed E-state index contributed by atoms with van der Waals surface area (Å²) in [6, 6.07) is 12.1. The number of nitrogens with one attached hydrogen (secondary N) is 1. The fourth-order valence-electron chi connectivity index (χ4n) is 3.19. The van der Waals surface area contributed by atoms with Gasteiger partial charge in [-0.3, -0.25) is 4.98 Å². The van der Waals surface area contributed by atoms with Crippen molar-refractivity contribution >= 4 is 17.5 Å². The molecule has 0 bridgehead atoms. The number of ether oxygens (including phenoxy) is 1. The number of methoxy groups -OCH3 is 1. The zero-order valence-electron chi connectivity index (χ0n) is 15.8. The molecule has 3 aromatic rings. The molecule has 0 saturated carbocycles. The summed E-state index contributed by atoms with van der Waals surface area (Å²) in [5.41, 5.74) is 2.33. The summed E-state index contributed by atoms with van der Waals surface area (Å²) in [6.45, 7) is 4.26. The van der Waals surface area contributed by atoms with Gasteiger partial charge in [-0.1, -0.05) is 0 Å². The second kappa shape index (κ2) is 8.51. The monoisotopic (exact) mass is 377 g/mol. The maximum absolute atomic E-state index is 5.23. The Morgan fingerprint density at radius 2 is 1.68 bits per heavy atom. The normalized spacial score (nSPS) is 14.0. The number of aromatic nitrogens is 4. The highest BCUT2D eigenvalue weighted by molar-refractivity contribution is 5.51. The lowest BCUT2D eigenvalue weighted by Crippen LogP contribution is -2.46. The lowest BCUT2D eigenvalue weighted by molar-refractivity contribution is 0.415. The molecule has 0 unspecified atom stereocenters. The third-order valence-corrected chi connectivity index (χ3v) is 4.79. The SMILES string of the molecule is COc1ccc(N2CCN(c3cnnc(NCc4ccncc4)n3)CC2)cc1. The van der Waals surface area contributed by atoms with Gasteiger partial charge in [0.2, 0.25) is 5.95 Å². The molecule has 1 N–H and O–H groups in total. The highest BCUT2D eigenvalue weighted by Gasteiger charge is 2.19. The molecule has 4 rings (SSSR count). The van der Waals surface area contributed by atoms with Crippen molar-refractivity contribution in [1.29, 1.82) is 0 Å². The predicted molar refractivity (Wildman–Crippen MR) is 109 cm³/mol. The highest BCUT2D eigenvalue weighted by Crippen LogP contribution is 2.22. The molecular weight excluding hydrogens is 354 g/mol.